The summed E-state index contributed by atoms with van der Waals surface area (Å²) in [5.74, 6) is 0. The third-order valence-corrected chi connectivity index (χ3v) is 24.6. The maximum absolute atomic E-state index is 2.59. The van der Waals surface area contributed by atoms with Crippen LogP contribution in [0.1, 0.15) is 73.1 Å². The van der Waals surface area contributed by atoms with Crippen LogP contribution in [0, 0.1) is 0 Å². The molecule has 1 atom stereocenters. The normalized spacial score (nSPS) is 19.8. The first kappa shape index (κ1) is 23.2. The summed E-state index contributed by atoms with van der Waals surface area (Å²) in [6.07, 6.45) is 21.1. The average molecular weight is 570 g/mol. The molecule has 0 radical (unpaired) electrons. The molecule has 1 unspecified atom stereocenters. The van der Waals surface area contributed by atoms with Crippen molar-refractivity contribution >= 4 is 6.08 Å². The van der Waals surface area contributed by atoms with E-state index in [0.29, 0.717) is 0 Å². The van der Waals surface area contributed by atoms with Gasteiger partial charge in [-0.15, -0.1) is 0 Å². The van der Waals surface area contributed by atoms with Gasteiger partial charge in [0.25, 0.3) is 0 Å². The third kappa shape index (κ3) is 4.90. The summed E-state index contributed by atoms with van der Waals surface area (Å²) in [6, 6.07) is 9.17. The van der Waals surface area contributed by atoms with Crippen LogP contribution in [0.4, 0.5) is 0 Å². The molecule has 1 heterocycles. The van der Waals surface area contributed by atoms with Crippen molar-refractivity contribution in [2.45, 2.75) is 70.3 Å². The predicted octanol–water partition coefficient (Wildman–Crippen LogP) is 1.73. The molecule has 27 heavy (non-hydrogen) atoms. The van der Waals surface area contributed by atoms with Gasteiger partial charge in [0.15, 0.2) is 0 Å². The van der Waals surface area contributed by atoms with Crippen molar-refractivity contribution < 1.29 is 44.8 Å². The molecular weight excluding hydrogens is 538 g/mol. The number of halogens is 2. The number of rotatable bonds is 9. The summed E-state index contributed by atoms with van der Waals surface area (Å²) >= 11 is -2.27. The fourth-order valence-corrected chi connectivity index (χ4v) is 29.4. The number of benzene rings is 1. The van der Waals surface area contributed by atoms with E-state index in [9.17, 15) is 0 Å². The first-order chi connectivity index (χ1) is 12.3. The van der Waals surface area contributed by atoms with Crippen LogP contribution in [0.2, 0.25) is 8.35 Å². The van der Waals surface area contributed by atoms with Crippen LogP contribution < -0.4 is 24.8 Å². The van der Waals surface area contributed by atoms with Crippen LogP contribution in [-0.4, -0.2) is 0 Å². The van der Waals surface area contributed by atoms with E-state index in [-0.39, 0.29) is 24.8 Å². The van der Waals surface area contributed by atoms with Crippen molar-refractivity contribution in [3.8, 4) is 0 Å². The van der Waals surface area contributed by atoms with Gasteiger partial charge in [0.1, 0.15) is 0 Å². The SMILES string of the molecule is CCCCCCCCC1=[C]([Hf+2]2([CH]3C=Cc4ccccc43)[CH2][CH2]2)CC=C1.[Cl-].[Cl-]. The van der Waals surface area contributed by atoms with Crippen LogP contribution in [-0.2, 0) is 20.0 Å². The van der Waals surface area contributed by atoms with Gasteiger partial charge < -0.3 is 24.8 Å². The Morgan fingerprint density at radius 1 is 0.926 bits per heavy atom. The molecular formula is C24H32Cl2Hf. The minimum absolute atomic E-state index is 0. The molecule has 2 aliphatic carbocycles. The number of hydrogen-bond acceptors (Lipinski definition) is 0. The fourth-order valence-electron chi connectivity index (χ4n) is 5.07. The summed E-state index contributed by atoms with van der Waals surface area (Å²) in [5.41, 5.74) is 4.95. The van der Waals surface area contributed by atoms with Crippen molar-refractivity contribution in [3.05, 3.63) is 62.5 Å². The second-order valence-electron chi connectivity index (χ2n) is 8.25. The molecule has 1 aromatic carbocycles. The zero-order chi connectivity index (χ0) is 17.1. The Labute approximate surface area is 182 Å². The maximum atomic E-state index is 2.59. The molecule has 0 aromatic heterocycles. The van der Waals surface area contributed by atoms with E-state index in [1.165, 1.54) is 56.9 Å². The Kier molecular flexibility index (Phi) is 9.10. The van der Waals surface area contributed by atoms with Crippen LogP contribution in [0.5, 0.6) is 0 Å². The van der Waals surface area contributed by atoms with Crippen LogP contribution in [0.15, 0.2) is 51.4 Å². The number of fused-ring (bicyclic) bond motifs is 1. The Morgan fingerprint density at radius 3 is 2.44 bits per heavy atom. The van der Waals surface area contributed by atoms with Gasteiger partial charge in [-0.05, 0) is 0 Å². The van der Waals surface area contributed by atoms with Crippen LogP contribution in [0.25, 0.3) is 6.08 Å². The van der Waals surface area contributed by atoms with E-state index >= 15 is 0 Å². The monoisotopic (exact) mass is 570 g/mol. The molecule has 1 fully saturated rings. The molecule has 0 N–H and O–H groups in total. The average Bonchev–Trinajstić information content (AvgIpc) is 3.10. The molecule has 0 amide bonds. The molecule has 0 saturated carbocycles. The van der Waals surface area contributed by atoms with Crippen molar-refractivity contribution in [1.29, 1.82) is 0 Å². The van der Waals surface area contributed by atoms with Crippen molar-refractivity contribution in [2.24, 2.45) is 0 Å². The second kappa shape index (κ2) is 10.6. The van der Waals surface area contributed by atoms with Gasteiger partial charge in [-0.3, -0.25) is 0 Å². The minimum atomic E-state index is -2.27. The third-order valence-electron chi connectivity index (χ3n) is 6.61. The summed E-state index contributed by atoms with van der Waals surface area (Å²) in [5, 5.41) is 0. The predicted molar refractivity (Wildman–Crippen MR) is 107 cm³/mol. The largest absolute Gasteiger partial charge is 1.00 e. The molecule has 3 heteroatoms. The van der Waals surface area contributed by atoms with E-state index in [2.05, 4.69) is 55.5 Å². The fraction of sp³-hybridized carbons (Fsp3) is 0.500. The van der Waals surface area contributed by atoms with Gasteiger partial charge in [0, 0.05) is 0 Å². The first-order valence-corrected chi connectivity index (χ1v) is 19.5. The first-order valence-electron chi connectivity index (χ1n) is 10.5. The van der Waals surface area contributed by atoms with Gasteiger partial charge in [0.05, 0.1) is 0 Å². The second-order valence-corrected chi connectivity index (χ2v) is 24.6. The van der Waals surface area contributed by atoms with Gasteiger partial charge >= 0.3 is 159 Å². The molecule has 1 aliphatic heterocycles. The molecule has 146 valence electrons. The van der Waals surface area contributed by atoms with E-state index in [1.54, 1.807) is 19.5 Å². The molecule has 0 bridgehead atoms. The molecule has 1 aromatic rings. The molecule has 0 spiro atoms. The quantitative estimate of drug-likeness (QED) is 0.314. The van der Waals surface area contributed by atoms with Crippen molar-refractivity contribution in [2.75, 3.05) is 0 Å². The standard InChI is InChI=1S/C13H21.C9H7.C2H4.2ClH.Hf/c1-2-3-4-5-6-7-10-13-11-8-9-12-13;1-2-5-9-7-3-6-8(9)4-1;1-2;;;/h8,11H,2-7,9-10H2,1H3;1-7H;1-2H2;2*1H;/q;;;;;+2/p-2. The van der Waals surface area contributed by atoms with Gasteiger partial charge in [-0.1, -0.05) is 0 Å². The molecule has 1 saturated heterocycles. The zero-order valence-electron chi connectivity index (χ0n) is 16.5. The molecule has 3 aliphatic rings. The van der Waals surface area contributed by atoms with Crippen LogP contribution >= 0.6 is 0 Å². The van der Waals surface area contributed by atoms with Crippen molar-refractivity contribution in [1.82, 2.24) is 0 Å². The smallest absolute Gasteiger partial charge is 1.00 e. The van der Waals surface area contributed by atoms with Crippen molar-refractivity contribution in [3.63, 3.8) is 0 Å². The molecule has 0 nitrogen and oxygen atoms in total. The number of unbranched alkanes of at least 4 members (excludes halogenated alkanes) is 5. The summed E-state index contributed by atoms with van der Waals surface area (Å²) in [7, 11) is 0. The van der Waals surface area contributed by atoms with E-state index in [1.807, 2.05) is 3.33 Å². The van der Waals surface area contributed by atoms with E-state index < -0.39 is 20.0 Å². The number of allylic oxidation sites excluding steroid dienone is 5. The Bertz CT molecular complexity index is 713. The minimum Gasteiger partial charge on any atom is -1.00 e. The van der Waals surface area contributed by atoms with Gasteiger partial charge in [-0.25, -0.2) is 0 Å². The topological polar surface area (TPSA) is 0 Å². The maximum Gasteiger partial charge on any atom is -1.00 e. The zero-order valence-corrected chi connectivity index (χ0v) is 21.6. The van der Waals surface area contributed by atoms with E-state index in [4.69, 9.17) is 0 Å². The Balaban J connectivity index is 0.00000131. The summed E-state index contributed by atoms with van der Waals surface area (Å²) in [4.78, 5) is 0. The van der Waals surface area contributed by atoms with Crippen LogP contribution in [0.3, 0.4) is 0 Å². The summed E-state index contributed by atoms with van der Waals surface area (Å²) < 4.78 is 6.06. The molecule has 4 rings (SSSR count). The Hall–Kier alpha value is -0.110. The summed E-state index contributed by atoms with van der Waals surface area (Å²) in [6.45, 7) is 2.30. The van der Waals surface area contributed by atoms with E-state index in [0.717, 1.165) is 3.67 Å². The van der Waals surface area contributed by atoms with Gasteiger partial charge in [0.2, 0.25) is 0 Å². The number of hydrogen-bond donors (Lipinski definition) is 0. The Morgan fingerprint density at radius 2 is 1.67 bits per heavy atom. The van der Waals surface area contributed by atoms with Gasteiger partial charge in [-0.2, -0.15) is 0 Å².